The second kappa shape index (κ2) is 8.12. The summed E-state index contributed by atoms with van der Waals surface area (Å²) in [6.45, 7) is 6.20. The number of anilines is 1. The van der Waals surface area contributed by atoms with Crippen LogP contribution in [-0.4, -0.2) is 90.4 Å². The molecule has 0 aliphatic carbocycles. The molecule has 3 aliphatic heterocycles. The van der Waals surface area contributed by atoms with Crippen molar-refractivity contribution in [1.29, 1.82) is 0 Å². The van der Waals surface area contributed by atoms with E-state index < -0.39 is 5.60 Å². The number of nitrogens with zero attached hydrogens (tertiary/aromatic N) is 4. The molecule has 0 radical (unpaired) electrons. The minimum absolute atomic E-state index is 0.0452. The summed E-state index contributed by atoms with van der Waals surface area (Å²) in [5, 5.41) is 11.3. The Morgan fingerprint density at radius 1 is 1.15 bits per heavy atom. The molecule has 3 fully saturated rings. The summed E-state index contributed by atoms with van der Waals surface area (Å²) in [5.41, 5.74) is -0.323. The predicted octanol–water partition coefficient (Wildman–Crippen LogP) is 0.981. The zero-order chi connectivity index (χ0) is 18.7. The number of hydrogen-bond donors (Lipinski definition) is 1. The minimum atomic E-state index is -0.952. The number of hydrogen-bond acceptors (Lipinski definition) is 6. The van der Waals surface area contributed by atoms with E-state index in [1.54, 1.807) is 6.20 Å². The normalized spacial score (nSPS) is 27.1. The van der Waals surface area contributed by atoms with Gasteiger partial charge >= 0.3 is 0 Å². The lowest BCUT2D eigenvalue weighted by Crippen LogP contribution is -2.52. The highest BCUT2D eigenvalue weighted by Crippen LogP contribution is 2.25. The second-order valence-electron chi connectivity index (χ2n) is 8.06. The molecule has 7 heteroatoms. The van der Waals surface area contributed by atoms with Crippen LogP contribution in [0.5, 0.6) is 0 Å². The summed E-state index contributed by atoms with van der Waals surface area (Å²) < 4.78 is 5.73. The van der Waals surface area contributed by atoms with Crippen LogP contribution in [0.3, 0.4) is 0 Å². The quantitative estimate of drug-likeness (QED) is 0.847. The fourth-order valence-electron chi connectivity index (χ4n) is 4.46. The molecule has 0 spiro atoms. The van der Waals surface area contributed by atoms with Crippen molar-refractivity contribution in [1.82, 2.24) is 14.8 Å². The van der Waals surface area contributed by atoms with Gasteiger partial charge in [0.15, 0.2) is 0 Å². The average Bonchev–Trinajstić information content (AvgIpc) is 3.35. The van der Waals surface area contributed by atoms with E-state index in [2.05, 4.69) is 9.88 Å². The lowest BCUT2D eigenvalue weighted by atomic mass is 10.0. The van der Waals surface area contributed by atoms with Crippen LogP contribution in [0.15, 0.2) is 18.3 Å². The summed E-state index contributed by atoms with van der Waals surface area (Å²) in [5.74, 6) is 0.712. The monoisotopic (exact) mass is 374 g/mol. The van der Waals surface area contributed by atoms with Crippen LogP contribution in [0.25, 0.3) is 0 Å². The standard InChI is InChI=1S/C20H30N4O3/c25-19(23-10-3-4-11-23)17-6-5-7-21-18(17)24-12-13-27-16-20(26,15-24)14-22-8-1-2-9-22/h5-7,26H,1-4,8-16H2/t20-/m1/s1. The van der Waals surface area contributed by atoms with Gasteiger partial charge in [0.25, 0.3) is 5.91 Å². The molecule has 0 unspecified atom stereocenters. The lowest BCUT2D eigenvalue weighted by Gasteiger charge is -2.35. The second-order valence-corrected chi connectivity index (χ2v) is 8.06. The van der Waals surface area contributed by atoms with Gasteiger partial charge in [-0.05, 0) is 50.9 Å². The summed E-state index contributed by atoms with van der Waals surface area (Å²) in [4.78, 5) is 23.8. The first-order valence-corrected chi connectivity index (χ1v) is 10.2. The number of carbonyl (C=O) groups is 1. The maximum atomic E-state index is 13.0. The third-order valence-corrected chi connectivity index (χ3v) is 5.79. The predicted molar refractivity (Wildman–Crippen MR) is 103 cm³/mol. The number of β-amino-alcohol motifs (C(OH)–C–C–N with tert-alkyl or cyclic N) is 1. The number of amides is 1. The summed E-state index contributed by atoms with van der Waals surface area (Å²) in [6, 6.07) is 3.67. The van der Waals surface area contributed by atoms with Crippen LogP contribution >= 0.6 is 0 Å². The van der Waals surface area contributed by atoms with Gasteiger partial charge in [-0.1, -0.05) is 0 Å². The van der Waals surface area contributed by atoms with Gasteiger partial charge in [-0.3, -0.25) is 4.79 Å². The number of ether oxygens (including phenoxy) is 1. The first kappa shape index (κ1) is 18.7. The number of pyridine rings is 1. The van der Waals surface area contributed by atoms with Gasteiger partial charge < -0.3 is 24.5 Å². The van der Waals surface area contributed by atoms with Crippen molar-refractivity contribution in [2.75, 3.05) is 63.9 Å². The number of likely N-dealkylation sites (tertiary alicyclic amines) is 2. The first-order valence-electron chi connectivity index (χ1n) is 10.2. The Kier molecular flexibility index (Phi) is 5.61. The van der Waals surface area contributed by atoms with E-state index in [1.807, 2.05) is 21.9 Å². The topological polar surface area (TPSA) is 69.1 Å². The van der Waals surface area contributed by atoms with Crippen LogP contribution in [-0.2, 0) is 4.74 Å². The smallest absolute Gasteiger partial charge is 0.257 e. The number of aromatic nitrogens is 1. The molecule has 0 aromatic carbocycles. The Labute approximate surface area is 160 Å². The molecule has 1 N–H and O–H groups in total. The van der Waals surface area contributed by atoms with Crippen molar-refractivity contribution in [3.05, 3.63) is 23.9 Å². The lowest BCUT2D eigenvalue weighted by molar-refractivity contribution is -0.0439. The molecular formula is C20H30N4O3. The van der Waals surface area contributed by atoms with E-state index in [0.717, 1.165) is 39.0 Å². The summed E-state index contributed by atoms with van der Waals surface area (Å²) >= 11 is 0. The Morgan fingerprint density at radius 3 is 2.67 bits per heavy atom. The van der Waals surface area contributed by atoms with Crippen LogP contribution in [0, 0.1) is 0 Å². The fraction of sp³-hybridized carbons (Fsp3) is 0.700. The van der Waals surface area contributed by atoms with Gasteiger partial charge in [0.1, 0.15) is 11.4 Å². The summed E-state index contributed by atoms with van der Waals surface area (Å²) in [6.07, 6.45) is 6.23. The van der Waals surface area contributed by atoms with Crippen molar-refractivity contribution >= 4 is 11.7 Å². The van der Waals surface area contributed by atoms with E-state index in [1.165, 1.54) is 12.8 Å². The summed E-state index contributed by atoms with van der Waals surface area (Å²) in [7, 11) is 0. The van der Waals surface area contributed by atoms with Crippen molar-refractivity contribution in [3.63, 3.8) is 0 Å². The van der Waals surface area contributed by atoms with Gasteiger partial charge in [-0.15, -0.1) is 0 Å². The zero-order valence-electron chi connectivity index (χ0n) is 16.0. The van der Waals surface area contributed by atoms with Crippen molar-refractivity contribution in [2.45, 2.75) is 31.3 Å². The minimum Gasteiger partial charge on any atom is -0.384 e. The van der Waals surface area contributed by atoms with Crippen molar-refractivity contribution in [2.24, 2.45) is 0 Å². The van der Waals surface area contributed by atoms with Gasteiger partial charge in [0.05, 0.1) is 25.3 Å². The maximum Gasteiger partial charge on any atom is 0.257 e. The molecule has 1 aromatic rings. The Morgan fingerprint density at radius 2 is 1.89 bits per heavy atom. The molecule has 1 aromatic heterocycles. The molecule has 1 atom stereocenters. The average molecular weight is 374 g/mol. The van der Waals surface area contributed by atoms with E-state index in [9.17, 15) is 9.90 Å². The molecule has 1 amide bonds. The largest absolute Gasteiger partial charge is 0.384 e. The molecule has 0 saturated carbocycles. The van der Waals surface area contributed by atoms with Crippen LogP contribution < -0.4 is 4.90 Å². The number of rotatable bonds is 4. The SMILES string of the molecule is O=C(c1cccnc1N1CCOC[C@@](O)(CN2CCCC2)C1)N1CCCC1. The maximum absolute atomic E-state index is 13.0. The highest BCUT2D eigenvalue weighted by atomic mass is 16.5. The molecule has 148 valence electrons. The highest BCUT2D eigenvalue weighted by Gasteiger charge is 2.37. The Balaban J connectivity index is 1.55. The van der Waals surface area contributed by atoms with Crippen LogP contribution in [0.2, 0.25) is 0 Å². The Hall–Kier alpha value is -1.70. The van der Waals surface area contributed by atoms with Gasteiger partial charge in [-0.25, -0.2) is 4.98 Å². The van der Waals surface area contributed by atoms with E-state index in [4.69, 9.17) is 4.74 Å². The highest BCUT2D eigenvalue weighted by molar-refractivity contribution is 5.99. The van der Waals surface area contributed by atoms with Crippen LogP contribution in [0.4, 0.5) is 5.82 Å². The van der Waals surface area contributed by atoms with Gasteiger partial charge in [0.2, 0.25) is 0 Å². The molecule has 0 bridgehead atoms. The van der Waals surface area contributed by atoms with Crippen molar-refractivity contribution < 1.29 is 14.6 Å². The molecule has 7 nitrogen and oxygen atoms in total. The van der Waals surface area contributed by atoms with E-state index in [-0.39, 0.29) is 5.91 Å². The van der Waals surface area contributed by atoms with Crippen LogP contribution in [0.1, 0.15) is 36.0 Å². The first-order chi connectivity index (χ1) is 13.1. The zero-order valence-corrected chi connectivity index (χ0v) is 16.0. The van der Waals surface area contributed by atoms with Gasteiger partial charge in [0, 0.05) is 32.4 Å². The molecule has 27 heavy (non-hydrogen) atoms. The third kappa shape index (κ3) is 4.25. The molecule has 4 rings (SSSR count). The molecular weight excluding hydrogens is 344 g/mol. The number of carbonyl (C=O) groups excluding carboxylic acids is 1. The fourth-order valence-corrected chi connectivity index (χ4v) is 4.46. The third-order valence-electron chi connectivity index (χ3n) is 5.79. The van der Waals surface area contributed by atoms with Crippen molar-refractivity contribution in [3.8, 4) is 0 Å². The molecule has 4 heterocycles. The van der Waals surface area contributed by atoms with E-state index >= 15 is 0 Å². The van der Waals surface area contributed by atoms with Gasteiger partial charge in [-0.2, -0.15) is 0 Å². The molecule has 3 aliphatic rings. The number of aliphatic hydroxyl groups is 1. The molecule has 3 saturated heterocycles. The van der Waals surface area contributed by atoms with E-state index in [0.29, 0.717) is 44.2 Å². The Bertz CT molecular complexity index is 658.